The molecule has 0 aromatic heterocycles. The number of hydrogen-bond acceptors (Lipinski definition) is 2. The second-order valence-corrected chi connectivity index (χ2v) is 6.16. The van der Waals surface area contributed by atoms with Gasteiger partial charge in [-0.15, -0.1) is 0 Å². The highest BCUT2D eigenvalue weighted by Gasteiger charge is 2.12. The summed E-state index contributed by atoms with van der Waals surface area (Å²) in [5.41, 5.74) is 1.33. The molecule has 20 heavy (non-hydrogen) atoms. The van der Waals surface area contributed by atoms with E-state index in [1.807, 2.05) is 12.1 Å². The molecule has 0 heterocycles. The highest BCUT2D eigenvalue weighted by Crippen LogP contribution is 2.19. The van der Waals surface area contributed by atoms with Crippen LogP contribution in [-0.4, -0.2) is 31.6 Å². The lowest BCUT2D eigenvalue weighted by molar-refractivity contribution is 0.266. The van der Waals surface area contributed by atoms with Crippen molar-refractivity contribution in [2.24, 2.45) is 5.92 Å². The fourth-order valence-electron chi connectivity index (χ4n) is 2.43. The molecule has 0 fully saturated rings. The van der Waals surface area contributed by atoms with Gasteiger partial charge in [0, 0.05) is 17.6 Å². The zero-order valence-electron chi connectivity index (χ0n) is 13.3. The van der Waals surface area contributed by atoms with Crippen molar-refractivity contribution in [1.82, 2.24) is 10.2 Å². The van der Waals surface area contributed by atoms with Crippen molar-refractivity contribution in [2.75, 3.05) is 26.7 Å². The van der Waals surface area contributed by atoms with Crippen LogP contribution < -0.4 is 5.32 Å². The van der Waals surface area contributed by atoms with Gasteiger partial charge in [0.25, 0.3) is 0 Å². The summed E-state index contributed by atoms with van der Waals surface area (Å²) in [6.07, 6.45) is 2.38. The predicted octanol–water partition coefficient (Wildman–Crippen LogP) is 4.36. The maximum Gasteiger partial charge on any atom is 0.0406 e. The lowest BCUT2D eigenvalue weighted by atomic mass is 10.0. The number of nitrogens with one attached hydrogen (secondary N) is 1. The number of nitrogens with zero attached hydrogens (tertiary/aromatic N) is 1. The first kappa shape index (κ1) is 17.5. The van der Waals surface area contributed by atoms with E-state index in [1.54, 1.807) is 0 Å². The van der Waals surface area contributed by atoms with Gasteiger partial charge < -0.3 is 10.2 Å². The zero-order chi connectivity index (χ0) is 15.0. The Morgan fingerprint density at radius 2 is 1.85 bits per heavy atom. The quantitative estimate of drug-likeness (QED) is 0.728. The molecule has 0 aliphatic carbocycles. The van der Waals surface area contributed by atoms with Crippen LogP contribution in [0.5, 0.6) is 0 Å². The average Bonchev–Trinajstić information content (AvgIpc) is 2.44. The van der Waals surface area contributed by atoms with Crippen LogP contribution in [0.25, 0.3) is 0 Å². The molecule has 0 saturated carbocycles. The number of halogens is 1. The maximum absolute atomic E-state index is 5.97. The Labute approximate surface area is 129 Å². The standard InChI is InChI=1S/C17H29ClN2/c1-5-14(3)13-20(4)12-11-17(19-6-2)15-7-9-16(18)10-8-15/h7-10,14,17,19H,5-6,11-13H2,1-4H3. The molecule has 1 rings (SSSR count). The Bertz CT molecular complexity index is 364. The Morgan fingerprint density at radius 1 is 1.20 bits per heavy atom. The van der Waals surface area contributed by atoms with Gasteiger partial charge in [-0.3, -0.25) is 0 Å². The van der Waals surface area contributed by atoms with Crippen LogP contribution in [0, 0.1) is 5.92 Å². The first-order valence-electron chi connectivity index (χ1n) is 7.74. The molecule has 1 N–H and O–H groups in total. The Hall–Kier alpha value is -0.570. The van der Waals surface area contributed by atoms with E-state index in [0.29, 0.717) is 6.04 Å². The minimum Gasteiger partial charge on any atom is -0.310 e. The lowest BCUT2D eigenvalue weighted by Gasteiger charge is -2.24. The Balaban J connectivity index is 2.52. The molecule has 2 nitrogen and oxygen atoms in total. The molecule has 3 heteroatoms. The van der Waals surface area contributed by atoms with E-state index >= 15 is 0 Å². The number of hydrogen-bond donors (Lipinski definition) is 1. The van der Waals surface area contributed by atoms with E-state index < -0.39 is 0 Å². The molecule has 2 atom stereocenters. The van der Waals surface area contributed by atoms with Gasteiger partial charge in [-0.25, -0.2) is 0 Å². The fourth-order valence-corrected chi connectivity index (χ4v) is 2.56. The molecule has 114 valence electrons. The van der Waals surface area contributed by atoms with E-state index in [4.69, 9.17) is 11.6 Å². The SMILES string of the molecule is CCNC(CCN(C)CC(C)CC)c1ccc(Cl)cc1. The maximum atomic E-state index is 5.97. The van der Waals surface area contributed by atoms with Crippen LogP contribution in [0.2, 0.25) is 5.02 Å². The van der Waals surface area contributed by atoms with E-state index in [2.05, 4.69) is 50.2 Å². The van der Waals surface area contributed by atoms with Gasteiger partial charge in [-0.2, -0.15) is 0 Å². The van der Waals surface area contributed by atoms with Gasteiger partial charge in [-0.1, -0.05) is 50.9 Å². The van der Waals surface area contributed by atoms with Crippen LogP contribution in [-0.2, 0) is 0 Å². The fraction of sp³-hybridized carbons (Fsp3) is 0.647. The largest absolute Gasteiger partial charge is 0.310 e. The first-order chi connectivity index (χ1) is 9.56. The molecule has 2 unspecified atom stereocenters. The number of rotatable bonds is 9. The molecule has 1 aromatic carbocycles. The minimum absolute atomic E-state index is 0.414. The highest BCUT2D eigenvalue weighted by atomic mass is 35.5. The normalized spacial score (nSPS) is 14.5. The van der Waals surface area contributed by atoms with Crippen molar-refractivity contribution in [3.05, 3.63) is 34.9 Å². The molecular formula is C17H29ClN2. The molecule has 0 bridgehead atoms. The van der Waals surface area contributed by atoms with Crippen molar-refractivity contribution in [3.63, 3.8) is 0 Å². The summed E-state index contributed by atoms with van der Waals surface area (Å²) in [5, 5.41) is 4.37. The summed E-state index contributed by atoms with van der Waals surface area (Å²) < 4.78 is 0. The molecule has 0 spiro atoms. The summed E-state index contributed by atoms with van der Waals surface area (Å²) in [7, 11) is 2.22. The molecular weight excluding hydrogens is 268 g/mol. The van der Waals surface area contributed by atoms with Crippen LogP contribution in [0.1, 0.15) is 45.2 Å². The summed E-state index contributed by atoms with van der Waals surface area (Å²) in [6.45, 7) is 10.0. The van der Waals surface area contributed by atoms with E-state index in [0.717, 1.165) is 30.5 Å². The topological polar surface area (TPSA) is 15.3 Å². The molecule has 0 amide bonds. The summed E-state index contributed by atoms with van der Waals surface area (Å²) in [4.78, 5) is 2.44. The third kappa shape index (κ3) is 6.25. The Kier molecular flexibility index (Phi) is 8.20. The van der Waals surface area contributed by atoms with Gasteiger partial charge in [0.15, 0.2) is 0 Å². The van der Waals surface area contributed by atoms with Crippen LogP contribution in [0.15, 0.2) is 24.3 Å². The van der Waals surface area contributed by atoms with Crippen molar-refractivity contribution in [2.45, 2.75) is 39.7 Å². The Morgan fingerprint density at radius 3 is 2.40 bits per heavy atom. The van der Waals surface area contributed by atoms with Crippen molar-refractivity contribution < 1.29 is 0 Å². The monoisotopic (exact) mass is 296 g/mol. The molecule has 0 radical (unpaired) electrons. The van der Waals surface area contributed by atoms with Crippen molar-refractivity contribution >= 4 is 11.6 Å². The van der Waals surface area contributed by atoms with E-state index in [1.165, 1.54) is 18.5 Å². The van der Waals surface area contributed by atoms with Gasteiger partial charge in [0.2, 0.25) is 0 Å². The van der Waals surface area contributed by atoms with Gasteiger partial charge in [0.1, 0.15) is 0 Å². The van der Waals surface area contributed by atoms with Gasteiger partial charge in [0.05, 0.1) is 0 Å². The smallest absolute Gasteiger partial charge is 0.0406 e. The van der Waals surface area contributed by atoms with Crippen LogP contribution >= 0.6 is 11.6 Å². The average molecular weight is 297 g/mol. The van der Waals surface area contributed by atoms with Gasteiger partial charge in [-0.05, 0) is 50.2 Å². The summed E-state index contributed by atoms with van der Waals surface area (Å²) >= 11 is 5.97. The van der Waals surface area contributed by atoms with E-state index in [-0.39, 0.29) is 0 Å². The van der Waals surface area contributed by atoms with Crippen LogP contribution in [0.3, 0.4) is 0 Å². The second kappa shape index (κ2) is 9.38. The zero-order valence-corrected chi connectivity index (χ0v) is 14.1. The minimum atomic E-state index is 0.414. The van der Waals surface area contributed by atoms with Crippen LogP contribution in [0.4, 0.5) is 0 Å². The first-order valence-corrected chi connectivity index (χ1v) is 8.12. The molecule has 1 aromatic rings. The number of benzene rings is 1. The van der Waals surface area contributed by atoms with E-state index in [9.17, 15) is 0 Å². The highest BCUT2D eigenvalue weighted by molar-refractivity contribution is 6.30. The lowest BCUT2D eigenvalue weighted by Crippen LogP contribution is -2.29. The molecule has 0 saturated heterocycles. The third-order valence-corrected chi connectivity index (χ3v) is 4.09. The van der Waals surface area contributed by atoms with Crippen molar-refractivity contribution in [3.8, 4) is 0 Å². The van der Waals surface area contributed by atoms with Gasteiger partial charge >= 0.3 is 0 Å². The summed E-state index contributed by atoms with van der Waals surface area (Å²) in [5.74, 6) is 0.771. The third-order valence-electron chi connectivity index (χ3n) is 3.84. The van der Waals surface area contributed by atoms with Crippen molar-refractivity contribution in [1.29, 1.82) is 0 Å². The second-order valence-electron chi connectivity index (χ2n) is 5.73. The summed E-state index contributed by atoms with van der Waals surface area (Å²) in [6, 6.07) is 8.62. The predicted molar refractivity (Wildman–Crippen MR) is 89.4 cm³/mol. The molecule has 0 aliphatic heterocycles. The molecule has 0 aliphatic rings.